The van der Waals surface area contributed by atoms with Gasteiger partial charge in [0.25, 0.3) is 0 Å². The topological polar surface area (TPSA) is 61.1 Å². The highest BCUT2D eigenvalue weighted by Gasteiger charge is 2.19. The number of rotatable bonds is 2. The second kappa shape index (κ2) is 6.74. The van der Waals surface area contributed by atoms with Gasteiger partial charge < -0.3 is 5.32 Å². The fourth-order valence-electron chi connectivity index (χ4n) is 3.26. The molecular formula is C21H18N4. The summed E-state index contributed by atoms with van der Waals surface area (Å²) in [4.78, 5) is 8.93. The molecule has 0 saturated heterocycles. The summed E-state index contributed by atoms with van der Waals surface area (Å²) in [6.07, 6.45) is 9.24. The minimum absolute atomic E-state index is 0.751. The summed E-state index contributed by atoms with van der Waals surface area (Å²) in [5, 5.41) is 12.5. The highest BCUT2D eigenvalue weighted by atomic mass is 14.9. The van der Waals surface area contributed by atoms with Crippen LogP contribution in [0.25, 0.3) is 11.1 Å². The first-order valence-corrected chi connectivity index (χ1v) is 8.48. The molecule has 2 aliphatic rings. The van der Waals surface area contributed by atoms with E-state index in [9.17, 15) is 0 Å². The number of benzene rings is 1. The van der Waals surface area contributed by atoms with Gasteiger partial charge in [-0.3, -0.25) is 9.98 Å². The van der Waals surface area contributed by atoms with Gasteiger partial charge in [-0.15, -0.1) is 0 Å². The Labute approximate surface area is 147 Å². The zero-order valence-electron chi connectivity index (χ0n) is 13.9. The van der Waals surface area contributed by atoms with Gasteiger partial charge in [0.05, 0.1) is 18.3 Å². The molecule has 0 saturated carbocycles. The summed E-state index contributed by atoms with van der Waals surface area (Å²) < 4.78 is 0. The SMILES string of the molecule is N#CC1=CC=C(C2=NCCNc3ccc(-c4ccncc4)cc32)CC1. The number of nitrogens with one attached hydrogen (secondary N) is 1. The average molecular weight is 326 g/mol. The number of fused-ring (bicyclic) bond motifs is 1. The number of aromatic nitrogens is 1. The maximum Gasteiger partial charge on any atom is 0.0947 e. The van der Waals surface area contributed by atoms with E-state index in [2.05, 4.69) is 40.6 Å². The van der Waals surface area contributed by atoms with Crippen LogP contribution in [0.5, 0.6) is 0 Å². The quantitative estimate of drug-likeness (QED) is 0.902. The molecule has 1 aliphatic heterocycles. The maximum absolute atomic E-state index is 9.06. The molecule has 25 heavy (non-hydrogen) atoms. The van der Waals surface area contributed by atoms with Gasteiger partial charge in [-0.2, -0.15) is 5.26 Å². The van der Waals surface area contributed by atoms with Crippen LogP contribution in [0.4, 0.5) is 5.69 Å². The largest absolute Gasteiger partial charge is 0.383 e. The van der Waals surface area contributed by atoms with E-state index in [1.807, 2.05) is 30.6 Å². The van der Waals surface area contributed by atoms with Crippen molar-refractivity contribution >= 4 is 11.4 Å². The second-order valence-corrected chi connectivity index (χ2v) is 6.15. The number of allylic oxidation sites excluding steroid dienone is 4. The molecule has 0 amide bonds. The number of nitrogens with zero attached hydrogens (tertiary/aromatic N) is 3. The Kier molecular flexibility index (Phi) is 4.14. The zero-order valence-corrected chi connectivity index (χ0v) is 13.9. The van der Waals surface area contributed by atoms with Crippen molar-refractivity contribution in [1.29, 1.82) is 5.26 Å². The Morgan fingerprint density at radius 3 is 2.64 bits per heavy atom. The molecule has 0 bridgehead atoms. The molecule has 4 rings (SSSR count). The summed E-state index contributed by atoms with van der Waals surface area (Å²) in [5.41, 5.74) is 7.63. The van der Waals surface area contributed by atoms with Gasteiger partial charge in [0.2, 0.25) is 0 Å². The lowest BCUT2D eigenvalue weighted by Gasteiger charge is -2.16. The average Bonchev–Trinajstić information content (AvgIpc) is 2.90. The number of pyridine rings is 1. The molecule has 0 fully saturated rings. The molecule has 1 aromatic carbocycles. The van der Waals surface area contributed by atoms with Crippen LogP contribution in [0.2, 0.25) is 0 Å². The van der Waals surface area contributed by atoms with Crippen molar-refractivity contribution in [2.45, 2.75) is 12.8 Å². The lowest BCUT2D eigenvalue weighted by Crippen LogP contribution is -2.09. The molecular weight excluding hydrogens is 308 g/mol. The number of benzodiazepines with no additional fused rings is 1. The fourth-order valence-corrected chi connectivity index (χ4v) is 3.26. The van der Waals surface area contributed by atoms with E-state index in [-0.39, 0.29) is 0 Å². The molecule has 0 radical (unpaired) electrons. The van der Waals surface area contributed by atoms with Crippen LogP contribution in [0.15, 0.2) is 71.0 Å². The zero-order chi connectivity index (χ0) is 17.1. The Bertz CT molecular complexity index is 930. The minimum Gasteiger partial charge on any atom is -0.383 e. The summed E-state index contributed by atoms with van der Waals surface area (Å²) in [6.45, 7) is 1.58. The molecule has 0 atom stereocenters. The molecule has 4 heteroatoms. The van der Waals surface area contributed by atoms with E-state index < -0.39 is 0 Å². The highest BCUT2D eigenvalue weighted by Crippen LogP contribution is 2.31. The second-order valence-electron chi connectivity index (χ2n) is 6.15. The number of anilines is 1. The Hall–Kier alpha value is -3.19. The maximum atomic E-state index is 9.06. The fraction of sp³-hybridized carbons (Fsp3) is 0.190. The number of hydrogen-bond acceptors (Lipinski definition) is 4. The van der Waals surface area contributed by atoms with Crippen LogP contribution in [-0.4, -0.2) is 23.8 Å². The third-order valence-electron chi connectivity index (χ3n) is 4.58. The first-order chi connectivity index (χ1) is 12.3. The smallest absolute Gasteiger partial charge is 0.0947 e. The van der Waals surface area contributed by atoms with Crippen LogP contribution < -0.4 is 5.32 Å². The molecule has 1 aromatic heterocycles. The molecule has 1 aliphatic carbocycles. The summed E-state index contributed by atoms with van der Waals surface area (Å²) in [6, 6.07) is 12.7. The number of nitriles is 1. The molecule has 2 aromatic rings. The summed E-state index contributed by atoms with van der Waals surface area (Å²) in [5.74, 6) is 0. The molecule has 4 nitrogen and oxygen atoms in total. The van der Waals surface area contributed by atoms with Crippen molar-refractivity contribution in [1.82, 2.24) is 4.98 Å². The van der Waals surface area contributed by atoms with E-state index in [0.717, 1.165) is 59.6 Å². The van der Waals surface area contributed by atoms with E-state index in [1.165, 1.54) is 5.57 Å². The van der Waals surface area contributed by atoms with Gasteiger partial charge in [-0.25, -0.2) is 0 Å². The predicted molar refractivity (Wildman–Crippen MR) is 101 cm³/mol. The Morgan fingerprint density at radius 2 is 1.88 bits per heavy atom. The summed E-state index contributed by atoms with van der Waals surface area (Å²) >= 11 is 0. The van der Waals surface area contributed by atoms with Gasteiger partial charge in [0.15, 0.2) is 0 Å². The Balaban J connectivity index is 1.79. The lowest BCUT2D eigenvalue weighted by molar-refractivity contribution is 0.960. The van der Waals surface area contributed by atoms with Gasteiger partial charge in [-0.05, 0) is 59.9 Å². The van der Waals surface area contributed by atoms with Crippen molar-refractivity contribution in [2.24, 2.45) is 4.99 Å². The first kappa shape index (κ1) is 15.3. The predicted octanol–water partition coefficient (Wildman–Crippen LogP) is 4.13. The highest BCUT2D eigenvalue weighted by molar-refractivity contribution is 6.16. The van der Waals surface area contributed by atoms with Gasteiger partial charge >= 0.3 is 0 Å². The molecule has 0 spiro atoms. The van der Waals surface area contributed by atoms with Crippen LogP contribution in [0.3, 0.4) is 0 Å². The minimum atomic E-state index is 0.751. The monoisotopic (exact) mass is 326 g/mol. The molecule has 0 unspecified atom stereocenters. The van der Waals surface area contributed by atoms with Crippen molar-refractivity contribution < 1.29 is 0 Å². The van der Waals surface area contributed by atoms with Crippen molar-refractivity contribution in [3.63, 3.8) is 0 Å². The van der Waals surface area contributed by atoms with E-state index in [0.29, 0.717) is 0 Å². The molecule has 1 N–H and O–H groups in total. The van der Waals surface area contributed by atoms with Crippen molar-refractivity contribution in [2.75, 3.05) is 18.4 Å². The third-order valence-corrected chi connectivity index (χ3v) is 4.58. The van der Waals surface area contributed by atoms with Crippen molar-refractivity contribution in [3.05, 3.63) is 71.6 Å². The van der Waals surface area contributed by atoms with Gasteiger partial charge in [0, 0.05) is 35.8 Å². The van der Waals surface area contributed by atoms with Crippen LogP contribution >= 0.6 is 0 Å². The number of aliphatic imine (C=N–C) groups is 1. The van der Waals surface area contributed by atoms with E-state index in [1.54, 1.807) is 0 Å². The van der Waals surface area contributed by atoms with Crippen molar-refractivity contribution in [3.8, 4) is 17.2 Å². The molecule has 122 valence electrons. The Morgan fingerprint density at radius 1 is 1.00 bits per heavy atom. The summed E-state index contributed by atoms with van der Waals surface area (Å²) in [7, 11) is 0. The third kappa shape index (κ3) is 3.09. The molecule has 2 heterocycles. The lowest BCUT2D eigenvalue weighted by atomic mass is 9.90. The standard InChI is InChI=1S/C21H18N4/c22-14-15-1-3-17(4-2-15)21-19-13-18(16-7-9-23-10-8-16)5-6-20(19)24-11-12-25-21/h1,3,5-10,13,24H,2,4,11-12H2. The van der Waals surface area contributed by atoms with Gasteiger partial charge in [0.1, 0.15) is 0 Å². The van der Waals surface area contributed by atoms with Crippen LogP contribution in [-0.2, 0) is 0 Å². The number of hydrogen-bond donors (Lipinski definition) is 1. The normalized spacial score (nSPS) is 16.4. The van der Waals surface area contributed by atoms with Crippen LogP contribution in [0, 0.1) is 11.3 Å². The van der Waals surface area contributed by atoms with Gasteiger partial charge in [-0.1, -0.05) is 12.1 Å². The van der Waals surface area contributed by atoms with E-state index in [4.69, 9.17) is 10.3 Å². The van der Waals surface area contributed by atoms with E-state index >= 15 is 0 Å². The first-order valence-electron chi connectivity index (χ1n) is 8.48. The van der Waals surface area contributed by atoms with Crippen LogP contribution in [0.1, 0.15) is 18.4 Å².